The molecule has 2 aliphatic carbocycles. The molecule has 2 amide bonds. The molecule has 1 aromatic carbocycles. The van der Waals surface area contributed by atoms with Crippen LogP contribution in [0.5, 0.6) is 0 Å². The highest BCUT2D eigenvalue weighted by Crippen LogP contribution is 2.27. The lowest BCUT2D eigenvalue weighted by molar-refractivity contribution is -0.131. The normalized spacial score (nSPS) is 18.2. The van der Waals surface area contributed by atoms with E-state index in [0.29, 0.717) is 30.5 Å². The van der Waals surface area contributed by atoms with E-state index in [1.807, 2.05) is 36.2 Å². The fraction of sp³-hybridized carbons (Fsp3) is 0.600. The van der Waals surface area contributed by atoms with Crippen molar-refractivity contribution in [2.45, 2.75) is 64.0 Å². The summed E-state index contributed by atoms with van der Waals surface area (Å²) >= 11 is 0. The number of carbonyl (C=O) groups excluding carboxylic acids is 2. The Morgan fingerprint density at radius 2 is 1.71 bits per heavy atom. The zero-order valence-corrected chi connectivity index (χ0v) is 14.6. The van der Waals surface area contributed by atoms with Gasteiger partial charge in [-0.15, -0.1) is 0 Å². The number of rotatable bonds is 6. The van der Waals surface area contributed by atoms with Crippen molar-refractivity contribution in [2.24, 2.45) is 5.92 Å². The lowest BCUT2D eigenvalue weighted by atomic mass is 9.86. The first-order valence-corrected chi connectivity index (χ1v) is 9.25. The zero-order valence-electron chi connectivity index (χ0n) is 14.6. The van der Waals surface area contributed by atoms with Crippen LogP contribution in [0.25, 0.3) is 0 Å². The Hall–Kier alpha value is -1.84. The van der Waals surface area contributed by atoms with Crippen molar-refractivity contribution in [3.8, 4) is 0 Å². The molecule has 0 bridgehead atoms. The van der Waals surface area contributed by atoms with E-state index < -0.39 is 0 Å². The summed E-state index contributed by atoms with van der Waals surface area (Å²) in [6.07, 6.45) is 9.13. The lowest BCUT2D eigenvalue weighted by Gasteiger charge is -2.24. The summed E-state index contributed by atoms with van der Waals surface area (Å²) in [5.74, 6) is 0.811. The van der Waals surface area contributed by atoms with E-state index in [1.165, 1.54) is 32.1 Å². The Balaban J connectivity index is 1.48. The summed E-state index contributed by atoms with van der Waals surface area (Å²) in [5, 5.41) is 2.99. The molecule has 3 rings (SSSR count). The van der Waals surface area contributed by atoms with Crippen LogP contribution in [0.1, 0.15) is 67.3 Å². The SMILES string of the molecule is CN(Cc1ccc(C(=O)NC2CC2)cc1)C(=O)CC1CCCCC1. The van der Waals surface area contributed by atoms with Crippen molar-refractivity contribution < 1.29 is 9.59 Å². The molecule has 0 aromatic heterocycles. The lowest BCUT2D eigenvalue weighted by Crippen LogP contribution is -2.28. The molecule has 24 heavy (non-hydrogen) atoms. The molecule has 130 valence electrons. The Labute approximate surface area is 144 Å². The van der Waals surface area contributed by atoms with Gasteiger partial charge in [0.25, 0.3) is 5.91 Å². The summed E-state index contributed by atoms with van der Waals surface area (Å²) in [7, 11) is 1.87. The maximum Gasteiger partial charge on any atom is 0.251 e. The third-order valence-corrected chi connectivity index (χ3v) is 5.16. The predicted molar refractivity (Wildman–Crippen MR) is 94.6 cm³/mol. The number of nitrogens with zero attached hydrogens (tertiary/aromatic N) is 1. The van der Waals surface area contributed by atoms with E-state index in [9.17, 15) is 9.59 Å². The van der Waals surface area contributed by atoms with Gasteiger partial charge < -0.3 is 10.2 Å². The summed E-state index contributed by atoms with van der Waals surface area (Å²) in [4.78, 5) is 26.2. The molecule has 0 radical (unpaired) electrons. The van der Waals surface area contributed by atoms with Gasteiger partial charge in [0.15, 0.2) is 0 Å². The standard InChI is InChI=1S/C20H28N2O2/c1-22(19(23)13-15-5-3-2-4-6-15)14-16-7-9-17(10-8-16)20(24)21-18-11-12-18/h7-10,15,18H,2-6,11-14H2,1H3,(H,21,24). The van der Waals surface area contributed by atoms with Crippen LogP contribution in [0.3, 0.4) is 0 Å². The number of hydrogen-bond donors (Lipinski definition) is 1. The van der Waals surface area contributed by atoms with E-state index in [-0.39, 0.29) is 11.8 Å². The van der Waals surface area contributed by atoms with Crippen LogP contribution in [-0.4, -0.2) is 29.8 Å². The van der Waals surface area contributed by atoms with Gasteiger partial charge in [-0.2, -0.15) is 0 Å². The topological polar surface area (TPSA) is 49.4 Å². The molecule has 0 aliphatic heterocycles. The average molecular weight is 328 g/mol. The van der Waals surface area contributed by atoms with Gasteiger partial charge in [0.2, 0.25) is 5.91 Å². The van der Waals surface area contributed by atoms with Crippen molar-refractivity contribution >= 4 is 11.8 Å². The predicted octanol–water partition coefficient (Wildman–Crippen LogP) is 3.51. The van der Waals surface area contributed by atoms with Gasteiger partial charge in [0.1, 0.15) is 0 Å². The van der Waals surface area contributed by atoms with E-state index in [4.69, 9.17) is 0 Å². The van der Waals surface area contributed by atoms with E-state index in [1.54, 1.807) is 0 Å². The van der Waals surface area contributed by atoms with Crippen LogP contribution in [0.4, 0.5) is 0 Å². The van der Waals surface area contributed by atoms with Crippen LogP contribution in [0.15, 0.2) is 24.3 Å². The summed E-state index contributed by atoms with van der Waals surface area (Å²) in [5.41, 5.74) is 1.76. The summed E-state index contributed by atoms with van der Waals surface area (Å²) in [6, 6.07) is 7.98. The molecular formula is C20H28N2O2. The summed E-state index contributed by atoms with van der Waals surface area (Å²) < 4.78 is 0. The first-order valence-electron chi connectivity index (χ1n) is 9.25. The van der Waals surface area contributed by atoms with Crippen molar-refractivity contribution in [3.63, 3.8) is 0 Å². The van der Waals surface area contributed by atoms with Crippen LogP contribution in [0.2, 0.25) is 0 Å². The van der Waals surface area contributed by atoms with Crippen molar-refractivity contribution in [1.29, 1.82) is 0 Å². The molecule has 2 saturated carbocycles. The minimum Gasteiger partial charge on any atom is -0.349 e. The number of hydrogen-bond acceptors (Lipinski definition) is 2. The van der Waals surface area contributed by atoms with Crippen LogP contribution in [-0.2, 0) is 11.3 Å². The van der Waals surface area contributed by atoms with E-state index in [0.717, 1.165) is 18.4 Å². The largest absolute Gasteiger partial charge is 0.349 e. The molecule has 0 saturated heterocycles. The van der Waals surface area contributed by atoms with Gasteiger partial charge in [-0.1, -0.05) is 31.4 Å². The van der Waals surface area contributed by atoms with Gasteiger partial charge in [0, 0.05) is 31.6 Å². The van der Waals surface area contributed by atoms with Crippen molar-refractivity contribution in [1.82, 2.24) is 10.2 Å². The quantitative estimate of drug-likeness (QED) is 0.869. The van der Waals surface area contributed by atoms with Crippen molar-refractivity contribution in [3.05, 3.63) is 35.4 Å². The van der Waals surface area contributed by atoms with Gasteiger partial charge in [-0.25, -0.2) is 0 Å². The second-order valence-electron chi connectivity index (χ2n) is 7.40. The van der Waals surface area contributed by atoms with Crippen LogP contribution < -0.4 is 5.32 Å². The first kappa shape index (κ1) is 17.0. The molecule has 0 spiro atoms. The molecule has 0 atom stereocenters. The van der Waals surface area contributed by atoms with Gasteiger partial charge in [0.05, 0.1) is 0 Å². The molecule has 2 fully saturated rings. The third-order valence-electron chi connectivity index (χ3n) is 5.16. The molecule has 1 N–H and O–H groups in total. The maximum absolute atomic E-state index is 12.4. The van der Waals surface area contributed by atoms with Crippen LogP contribution >= 0.6 is 0 Å². The molecule has 4 heteroatoms. The highest BCUT2D eigenvalue weighted by Gasteiger charge is 2.23. The van der Waals surface area contributed by atoms with Crippen LogP contribution in [0, 0.1) is 5.92 Å². The van der Waals surface area contributed by atoms with Crippen molar-refractivity contribution in [2.75, 3.05) is 7.05 Å². The number of nitrogens with one attached hydrogen (secondary N) is 1. The second kappa shape index (κ2) is 7.82. The smallest absolute Gasteiger partial charge is 0.251 e. The highest BCUT2D eigenvalue weighted by atomic mass is 16.2. The molecule has 2 aliphatic rings. The molecule has 0 unspecified atom stereocenters. The van der Waals surface area contributed by atoms with Gasteiger partial charge >= 0.3 is 0 Å². The minimum absolute atomic E-state index is 0.00535. The Morgan fingerprint density at radius 3 is 2.33 bits per heavy atom. The molecule has 1 aromatic rings. The van der Waals surface area contributed by atoms with Gasteiger partial charge in [-0.3, -0.25) is 9.59 Å². The monoisotopic (exact) mass is 328 g/mol. The number of carbonyl (C=O) groups is 2. The third kappa shape index (κ3) is 4.83. The number of amides is 2. The zero-order chi connectivity index (χ0) is 16.9. The first-order chi connectivity index (χ1) is 11.6. The average Bonchev–Trinajstić information content (AvgIpc) is 3.40. The minimum atomic E-state index is 0.00535. The highest BCUT2D eigenvalue weighted by molar-refractivity contribution is 5.94. The molecular weight excluding hydrogens is 300 g/mol. The maximum atomic E-state index is 12.4. The van der Waals surface area contributed by atoms with E-state index >= 15 is 0 Å². The van der Waals surface area contributed by atoms with Gasteiger partial charge in [-0.05, 0) is 49.3 Å². The fourth-order valence-electron chi connectivity index (χ4n) is 3.41. The number of benzene rings is 1. The van der Waals surface area contributed by atoms with E-state index in [2.05, 4.69) is 5.32 Å². The Morgan fingerprint density at radius 1 is 1.04 bits per heavy atom. The Kier molecular flexibility index (Phi) is 5.54. The Bertz CT molecular complexity index is 572. The fourth-order valence-corrected chi connectivity index (χ4v) is 3.41. The molecule has 0 heterocycles. The summed E-state index contributed by atoms with van der Waals surface area (Å²) in [6.45, 7) is 0.607. The second-order valence-corrected chi connectivity index (χ2v) is 7.40. The molecule has 4 nitrogen and oxygen atoms in total.